The number of aromatic nitrogens is 5. The topological polar surface area (TPSA) is 61.7 Å². The fraction of sp³-hybridized carbons (Fsp3) is 0. The predicted octanol–water partition coefficient (Wildman–Crippen LogP) is 15.3. The molecule has 0 amide bonds. The summed E-state index contributed by atoms with van der Waals surface area (Å²) in [6, 6.07) is 70.8. The first-order chi connectivity index (χ1) is 31.7. The van der Waals surface area contributed by atoms with Gasteiger partial charge < -0.3 is 13.6 Å². The third-order valence-electron chi connectivity index (χ3n) is 12.8. The Kier molecular flexibility index (Phi) is 7.46. The van der Waals surface area contributed by atoms with Gasteiger partial charge in [-0.05, 0) is 66.7 Å². The second-order valence-corrected chi connectivity index (χ2v) is 17.4. The van der Waals surface area contributed by atoms with Crippen molar-refractivity contribution >= 4 is 97.1 Å². The van der Waals surface area contributed by atoms with E-state index in [0.29, 0.717) is 17.5 Å². The van der Waals surface area contributed by atoms with Crippen LogP contribution in [0.2, 0.25) is 0 Å². The molecule has 0 fully saturated rings. The lowest BCUT2D eigenvalue weighted by molar-refractivity contribution is 0.669. The van der Waals surface area contributed by atoms with E-state index >= 15 is 0 Å². The Morgan fingerprint density at radius 3 is 1.59 bits per heavy atom. The van der Waals surface area contributed by atoms with E-state index in [1.165, 1.54) is 58.4 Å². The molecule has 7 heteroatoms. The largest absolute Gasteiger partial charge is 0.456 e. The zero-order chi connectivity index (χ0) is 41.9. The van der Waals surface area contributed by atoms with Gasteiger partial charge in [-0.3, -0.25) is 0 Å². The SMILES string of the molecule is c1ccc(-c2nc(-c3cccc4oc5ccccc5c34)nc(-c3cccc4sc5cc(-n6c7ccccc7c7cc(-n8c9ccccc9c9ccccc98)ccc76)ccc5c34)n2)cc1. The van der Waals surface area contributed by atoms with Crippen LogP contribution in [0.15, 0.2) is 205 Å². The smallest absolute Gasteiger partial charge is 0.164 e. The van der Waals surface area contributed by atoms with Crippen molar-refractivity contribution in [1.29, 1.82) is 0 Å². The molecule has 0 saturated carbocycles. The van der Waals surface area contributed by atoms with Gasteiger partial charge in [-0.25, -0.2) is 15.0 Å². The molecular weight excluding hydrogens is 803 g/mol. The van der Waals surface area contributed by atoms with E-state index in [4.69, 9.17) is 19.4 Å². The second-order valence-electron chi connectivity index (χ2n) is 16.3. The van der Waals surface area contributed by atoms with Gasteiger partial charge in [-0.1, -0.05) is 133 Å². The quantitative estimate of drug-likeness (QED) is 0.173. The summed E-state index contributed by atoms with van der Waals surface area (Å²) in [6.45, 7) is 0. The maximum Gasteiger partial charge on any atom is 0.164 e. The van der Waals surface area contributed by atoms with Crippen molar-refractivity contribution in [2.45, 2.75) is 0 Å². The molecule has 6 nitrogen and oxygen atoms in total. The molecule has 5 aromatic heterocycles. The molecule has 0 saturated heterocycles. The van der Waals surface area contributed by atoms with E-state index in [-0.39, 0.29) is 0 Å². The van der Waals surface area contributed by atoms with Gasteiger partial charge in [0.2, 0.25) is 0 Å². The highest BCUT2D eigenvalue weighted by molar-refractivity contribution is 7.26. The van der Waals surface area contributed by atoms with Crippen molar-refractivity contribution in [3.8, 4) is 45.5 Å². The maximum absolute atomic E-state index is 6.30. The minimum Gasteiger partial charge on any atom is -0.456 e. The van der Waals surface area contributed by atoms with Gasteiger partial charge in [-0.2, -0.15) is 0 Å². The van der Waals surface area contributed by atoms with Gasteiger partial charge in [0.15, 0.2) is 17.5 Å². The van der Waals surface area contributed by atoms with Crippen LogP contribution in [0.25, 0.3) is 131 Å². The Labute approximate surface area is 369 Å². The number of thiophene rings is 1. The summed E-state index contributed by atoms with van der Waals surface area (Å²) in [5, 5.41) is 9.28. The molecule has 0 radical (unpaired) electrons. The molecule has 0 N–H and O–H groups in total. The van der Waals surface area contributed by atoms with Crippen LogP contribution in [-0.4, -0.2) is 24.1 Å². The van der Waals surface area contributed by atoms with Gasteiger partial charge in [0, 0.05) is 80.6 Å². The fourth-order valence-corrected chi connectivity index (χ4v) is 11.2. The first kappa shape index (κ1) is 35.2. The fourth-order valence-electron chi connectivity index (χ4n) is 10.0. The summed E-state index contributed by atoms with van der Waals surface area (Å²) < 4.78 is 13.5. The van der Waals surface area contributed by atoms with Crippen molar-refractivity contribution in [1.82, 2.24) is 24.1 Å². The van der Waals surface area contributed by atoms with Gasteiger partial charge in [0.1, 0.15) is 11.2 Å². The van der Waals surface area contributed by atoms with E-state index in [2.05, 4.69) is 161 Å². The molecule has 64 heavy (non-hydrogen) atoms. The zero-order valence-corrected chi connectivity index (χ0v) is 34.9. The van der Waals surface area contributed by atoms with Crippen LogP contribution in [0.4, 0.5) is 0 Å². The Morgan fingerprint density at radius 1 is 0.344 bits per heavy atom. The molecule has 14 aromatic rings. The molecule has 0 aliphatic heterocycles. The Hall–Kier alpha value is -8.39. The van der Waals surface area contributed by atoms with Crippen LogP contribution in [0.1, 0.15) is 0 Å². The standard InChI is InChI=1S/C57H33N5OS/c1-2-14-34(15-3-1)55-58-56(42-20-12-26-50-53(42)40-19-7-11-25-49(40)63-50)60-57(59-55)43-21-13-27-51-54(43)41-30-28-36(33-52(41)64-51)62-47-24-10-6-18-39(47)44-32-35(29-31-48(44)62)61-45-22-8-4-16-37(45)38-17-5-9-23-46(38)61/h1-33H. The zero-order valence-electron chi connectivity index (χ0n) is 34.1. The minimum atomic E-state index is 0.604. The summed E-state index contributed by atoms with van der Waals surface area (Å²) in [6.07, 6.45) is 0. The minimum absolute atomic E-state index is 0.604. The predicted molar refractivity (Wildman–Crippen MR) is 265 cm³/mol. The van der Waals surface area contributed by atoms with Crippen molar-refractivity contribution in [2.75, 3.05) is 0 Å². The van der Waals surface area contributed by atoms with Crippen molar-refractivity contribution < 1.29 is 4.42 Å². The summed E-state index contributed by atoms with van der Waals surface area (Å²) in [5.41, 5.74) is 11.4. The number of rotatable bonds is 5. The maximum atomic E-state index is 6.30. The van der Waals surface area contributed by atoms with Crippen molar-refractivity contribution in [3.63, 3.8) is 0 Å². The van der Waals surface area contributed by atoms with Crippen LogP contribution < -0.4 is 0 Å². The lowest BCUT2D eigenvalue weighted by atomic mass is 10.0. The molecule has 0 bridgehead atoms. The molecule has 0 unspecified atom stereocenters. The van der Waals surface area contributed by atoms with Crippen molar-refractivity contribution in [2.24, 2.45) is 0 Å². The second kappa shape index (κ2) is 13.6. The molecule has 5 heterocycles. The van der Waals surface area contributed by atoms with Crippen LogP contribution in [0.5, 0.6) is 0 Å². The van der Waals surface area contributed by atoms with Gasteiger partial charge >= 0.3 is 0 Å². The normalized spacial score (nSPS) is 12.1. The van der Waals surface area contributed by atoms with Crippen LogP contribution in [0.3, 0.4) is 0 Å². The number of furan rings is 1. The summed E-state index contributed by atoms with van der Waals surface area (Å²) in [7, 11) is 0. The van der Waals surface area contributed by atoms with E-state index in [1.54, 1.807) is 11.3 Å². The molecule has 0 spiro atoms. The molecule has 298 valence electrons. The van der Waals surface area contributed by atoms with E-state index in [1.807, 2.05) is 48.5 Å². The third-order valence-corrected chi connectivity index (χ3v) is 13.9. The number of benzene rings is 9. The average Bonchev–Trinajstić information content (AvgIpc) is 4.11. The van der Waals surface area contributed by atoms with Crippen LogP contribution >= 0.6 is 11.3 Å². The Bertz CT molecular complexity index is 4160. The summed E-state index contributed by atoms with van der Waals surface area (Å²) in [5.74, 6) is 1.86. The molecular formula is C57H33N5OS. The number of hydrogen-bond donors (Lipinski definition) is 0. The summed E-state index contributed by atoms with van der Waals surface area (Å²) in [4.78, 5) is 15.6. The first-order valence-corrected chi connectivity index (χ1v) is 22.3. The third kappa shape index (κ3) is 5.16. The summed E-state index contributed by atoms with van der Waals surface area (Å²) >= 11 is 1.80. The van der Waals surface area contributed by atoms with Gasteiger partial charge in [-0.15, -0.1) is 11.3 Å². The number of fused-ring (bicyclic) bond motifs is 12. The molecule has 0 aliphatic rings. The van der Waals surface area contributed by atoms with Gasteiger partial charge in [0.05, 0.1) is 22.1 Å². The highest BCUT2D eigenvalue weighted by Gasteiger charge is 2.21. The molecule has 14 rings (SSSR count). The highest BCUT2D eigenvalue weighted by atomic mass is 32.1. The number of hydrogen-bond acceptors (Lipinski definition) is 5. The van der Waals surface area contributed by atoms with Gasteiger partial charge in [0.25, 0.3) is 0 Å². The Balaban J connectivity index is 0.945. The Morgan fingerprint density at radius 2 is 0.875 bits per heavy atom. The average molecular weight is 836 g/mol. The lowest BCUT2D eigenvalue weighted by Crippen LogP contribution is -2.00. The molecule has 0 aliphatic carbocycles. The lowest BCUT2D eigenvalue weighted by Gasteiger charge is -2.11. The van der Waals surface area contributed by atoms with E-state index in [0.717, 1.165) is 55.4 Å². The van der Waals surface area contributed by atoms with E-state index in [9.17, 15) is 0 Å². The molecule has 9 aromatic carbocycles. The molecule has 0 atom stereocenters. The number of nitrogens with zero attached hydrogens (tertiary/aromatic N) is 5. The number of para-hydroxylation sites is 4. The highest BCUT2D eigenvalue weighted by Crippen LogP contribution is 2.43. The van der Waals surface area contributed by atoms with Crippen LogP contribution in [0, 0.1) is 0 Å². The first-order valence-electron chi connectivity index (χ1n) is 21.4. The van der Waals surface area contributed by atoms with E-state index < -0.39 is 0 Å². The monoisotopic (exact) mass is 835 g/mol. The van der Waals surface area contributed by atoms with Crippen LogP contribution in [-0.2, 0) is 0 Å². The van der Waals surface area contributed by atoms with Crippen molar-refractivity contribution in [3.05, 3.63) is 200 Å².